The first-order valence-corrected chi connectivity index (χ1v) is 6.09. The molecular weight excluding hydrogens is 210 g/mol. The van der Waals surface area contributed by atoms with Crippen LogP contribution < -0.4 is 5.32 Å². The summed E-state index contributed by atoms with van der Waals surface area (Å²) in [6.45, 7) is 5.17. The van der Waals surface area contributed by atoms with Gasteiger partial charge in [0.25, 0.3) is 0 Å². The third-order valence-corrected chi connectivity index (χ3v) is 3.04. The van der Waals surface area contributed by atoms with Gasteiger partial charge in [-0.1, -0.05) is 31.2 Å². The predicted octanol–water partition coefficient (Wildman–Crippen LogP) is 2.82. The Morgan fingerprint density at radius 1 is 1.29 bits per heavy atom. The van der Waals surface area contributed by atoms with E-state index in [4.69, 9.17) is 0 Å². The van der Waals surface area contributed by atoms with Crippen molar-refractivity contribution in [1.82, 2.24) is 15.3 Å². The van der Waals surface area contributed by atoms with Crippen LogP contribution in [0.2, 0.25) is 0 Å². The molecule has 0 aliphatic rings. The second kappa shape index (κ2) is 5.64. The van der Waals surface area contributed by atoms with Gasteiger partial charge < -0.3 is 10.3 Å². The maximum atomic E-state index is 4.00. The quantitative estimate of drug-likeness (QED) is 0.827. The monoisotopic (exact) mass is 229 g/mol. The van der Waals surface area contributed by atoms with Gasteiger partial charge in [-0.05, 0) is 24.5 Å². The molecule has 0 saturated heterocycles. The Balaban J connectivity index is 1.92. The molecule has 0 aliphatic carbocycles. The van der Waals surface area contributed by atoms with E-state index in [0.29, 0.717) is 6.04 Å². The first kappa shape index (κ1) is 11.9. The zero-order valence-electron chi connectivity index (χ0n) is 10.4. The highest BCUT2D eigenvalue weighted by atomic mass is 14.9. The molecular formula is C14H19N3. The van der Waals surface area contributed by atoms with Gasteiger partial charge in [-0.25, -0.2) is 4.98 Å². The van der Waals surface area contributed by atoms with Crippen LogP contribution in [0, 0.1) is 0 Å². The van der Waals surface area contributed by atoms with Crippen molar-refractivity contribution in [2.75, 3.05) is 0 Å². The first-order chi connectivity index (χ1) is 8.29. The molecule has 0 bridgehead atoms. The average molecular weight is 229 g/mol. The van der Waals surface area contributed by atoms with Gasteiger partial charge in [-0.3, -0.25) is 0 Å². The molecule has 0 saturated carbocycles. The summed E-state index contributed by atoms with van der Waals surface area (Å²) in [5, 5.41) is 3.47. The number of imidazole rings is 1. The number of aryl methyl sites for hydroxylation is 1. The smallest absolute Gasteiger partial charge is 0.0922 e. The largest absolute Gasteiger partial charge is 0.347 e. The predicted molar refractivity (Wildman–Crippen MR) is 69.7 cm³/mol. The fourth-order valence-corrected chi connectivity index (χ4v) is 1.80. The minimum atomic E-state index is 0.351. The molecule has 90 valence electrons. The van der Waals surface area contributed by atoms with E-state index in [1.165, 1.54) is 11.1 Å². The van der Waals surface area contributed by atoms with E-state index < -0.39 is 0 Å². The van der Waals surface area contributed by atoms with Crippen molar-refractivity contribution < 1.29 is 0 Å². The van der Waals surface area contributed by atoms with Crippen LogP contribution in [0.4, 0.5) is 0 Å². The summed E-state index contributed by atoms with van der Waals surface area (Å²) < 4.78 is 0. The van der Waals surface area contributed by atoms with Gasteiger partial charge in [0, 0.05) is 24.5 Å². The van der Waals surface area contributed by atoms with Crippen molar-refractivity contribution >= 4 is 0 Å². The highest BCUT2D eigenvalue weighted by molar-refractivity contribution is 5.24. The number of aromatic nitrogens is 2. The van der Waals surface area contributed by atoms with Crippen LogP contribution >= 0.6 is 0 Å². The van der Waals surface area contributed by atoms with Crippen molar-refractivity contribution in [3.8, 4) is 0 Å². The Morgan fingerprint density at radius 2 is 2.06 bits per heavy atom. The average Bonchev–Trinajstić information content (AvgIpc) is 2.89. The molecule has 2 rings (SSSR count). The lowest BCUT2D eigenvalue weighted by Crippen LogP contribution is -2.18. The second-order valence-electron chi connectivity index (χ2n) is 4.27. The van der Waals surface area contributed by atoms with E-state index in [1.807, 2.05) is 6.20 Å². The Hall–Kier alpha value is -1.61. The number of hydrogen-bond donors (Lipinski definition) is 2. The molecule has 1 aromatic carbocycles. The molecule has 2 N–H and O–H groups in total. The fourth-order valence-electron chi connectivity index (χ4n) is 1.80. The van der Waals surface area contributed by atoms with Crippen molar-refractivity contribution in [3.63, 3.8) is 0 Å². The van der Waals surface area contributed by atoms with E-state index >= 15 is 0 Å². The van der Waals surface area contributed by atoms with Gasteiger partial charge in [0.05, 0.1) is 6.33 Å². The minimum absolute atomic E-state index is 0.351. The second-order valence-corrected chi connectivity index (χ2v) is 4.27. The number of nitrogens with one attached hydrogen (secondary N) is 2. The molecule has 2 aromatic rings. The van der Waals surface area contributed by atoms with Crippen molar-refractivity contribution in [2.45, 2.75) is 32.9 Å². The summed E-state index contributed by atoms with van der Waals surface area (Å²) in [6, 6.07) is 9.14. The zero-order valence-corrected chi connectivity index (χ0v) is 10.4. The van der Waals surface area contributed by atoms with Crippen LogP contribution in [0.3, 0.4) is 0 Å². The Kier molecular flexibility index (Phi) is 3.94. The molecule has 1 aromatic heterocycles. The van der Waals surface area contributed by atoms with Crippen LogP contribution in [0.5, 0.6) is 0 Å². The first-order valence-electron chi connectivity index (χ1n) is 6.09. The molecule has 0 spiro atoms. The summed E-state index contributed by atoms with van der Waals surface area (Å²) in [7, 11) is 0. The van der Waals surface area contributed by atoms with E-state index in [0.717, 1.165) is 18.7 Å². The molecule has 17 heavy (non-hydrogen) atoms. The molecule has 0 amide bonds. The van der Waals surface area contributed by atoms with E-state index in [1.54, 1.807) is 6.33 Å². The maximum absolute atomic E-state index is 4.00. The highest BCUT2D eigenvalue weighted by Gasteiger charge is 2.04. The van der Waals surface area contributed by atoms with Crippen LogP contribution in [-0.2, 0) is 13.0 Å². The van der Waals surface area contributed by atoms with Gasteiger partial charge in [0.15, 0.2) is 0 Å². The maximum Gasteiger partial charge on any atom is 0.0922 e. The van der Waals surface area contributed by atoms with E-state index in [2.05, 4.69) is 53.4 Å². The normalized spacial score (nSPS) is 12.6. The zero-order chi connectivity index (χ0) is 12.1. The topological polar surface area (TPSA) is 40.7 Å². The van der Waals surface area contributed by atoms with Crippen molar-refractivity contribution in [3.05, 3.63) is 53.6 Å². The summed E-state index contributed by atoms with van der Waals surface area (Å²) in [5.41, 5.74) is 3.82. The lowest BCUT2D eigenvalue weighted by Gasteiger charge is -2.14. The molecule has 0 aliphatic heterocycles. The lowest BCUT2D eigenvalue weighted by atomic mass is 10.1. The van der Waals surface area contributed by atoms with Gasteiger partial charge >= 0.3 is 0 Å². The van der Waals surface area contributed by atoms with Gasteiger partial charge in [0.1, 0.15) is 0 Å². The summed E-state index contributed by atoms with van der Waals surface area (Å²) >= 11 is 0. The number of aromatic amines is 1. The van der Waals surface area contributed by atoms with E-state index in [9.17, 15) is 0 Å². The minimum Gasteiger partial charge on any atom is -0.347 e. The molecule has 1 atom stereocenters. The number of hydrogen-bond acceptors (Lipinski definition) is 2. The van der Waals surface area contributed by atoms with Gasteiger partial charge in [0.2, 0.25) is 0 Å². The van der Waals surface area contributed by atoms with Crippen LogP contribution in [0.25, 0.3) is 0 Å². The standard InChI is InChI=1S/C14H19N3/c1-3-12-4-6-13(7-5-12)11(2)16-9-14-8-15-10-17-14/h4-8,10-11,16H,3,9H2,1-2H3,(H,15,17). The molecule has 3 nitrogen and oxygen atoms in total. The Bertz CT molecular complexity index is 431. The number of rotatable bonds is 5. The van der Waals surface area contributed by atoms with Gasteiger partial charge in [-0.15, -0.1) is 0 Å². The van der Waals surface area contributed by atoms with Crippen molar-refractivity contribution in [1.29, 1.82) is 0 Å². The number of benzene rings is 1. The van der Waals surface area contributed by atoms with Gasteiger partial charge in [-0.2, -0.15) is 0 Å². The van der Waals surface area contributed by atoms with E-state index in [-0.39, 0.29) is 0 Å². The van der Waals surface area contributed by atoms with Crippen LogP contribution in [0.1, 0.15) is 36.7 Å². The summed E-state index contributed by atoms with van der Waals surface area (Å²) in [6.07, 6.45) is 4.65. The SMILES string of the molecule is CCc1ccc(C(C)NCc2cnc[nH]2)cc1. The Labute approximate surface area is 102 Å². The summed E-state index contributed by atoms with van der Waals surface area (Å²) in [4.78, 5) is 7.09. The van der Waals surface area contributed by atoms with Crippen LogP contribution in [-0.4, -0.2) is 9.97 Å². The lowest BCUT2D eigenvalue weighted by molar-refractivity contribution is 0.569. The third-order valence-electron chi connectivity index (χ3n) is 3.04. The Morgan fingerprint density at radius 3 is 2.65 bits per heavy atom. The molecule has 0 radical (unpaired) electrons. The van der Waals surface area contributed by atoms with Crippen molar-refractivity contribution in [2.24, 2.45) is 0 Å². The summed E-state index contributed by atoms with van der Waals surface area (Å²) in [5.74, 6) is 0. The molecule has 1 heterocycles. The molecule has 1 unspecified atom stereocenters. The number of H-pyrrole nitrogens is 1. The van der Waals surface area contributed by atoms with Crippen LogP contribution in [0.15, 0.2) is 36.8 Å². The third kappa shape index (κ3) is 3.17. The highest BCUT2D eigenvalue weighted by Crippen LogP contribution is 2.14. The number of nitrogens with zero attached hydrogens (tertiary/aromatic N) is 1. The molecule has 0 fully saturated rings. The fraction of sp³-hybridized carbons (Fsp3) is 0.357. The molecule has 3 heteroatoms.